The van der Waals surface area contributed by atoms with E-state index in [1.165, 1.54) is 24.8 Å². The van der Waals surface area contributed by atoms with Gasteiger partial charge in [-0.05, 0) is 24.3 Å². The van der Waals surface area contributed by atoms with E-state index >= 15 is 0 Å². The molecule has 2 aliphatic rings. The number of rotatable bonds is 2. The van der Waals surface area contributed by atoms with E-state index in [-0.39, 0.29) is 11.8 Å². The molecule has 1 unspecified atom stereocenters. The highest BCUT2D eigenvalue weighted by Crippen LogP contribution is 2.46. The summed E-state index contributed by atoms with van der Waals surface area (Å²) in [6, 6.07) is 3.74. The summed E-state index contributed by atoms with van der Waals surface area (Å²) >= 11 is 1.45. The molecular formula is C14H17NO4S. The number of thiophene rings is 1. The fourth-order valence-electron chi connectivity index (χ4n) is 3.19. The van der Waals surface area contributed by atoms with E-state index in [1.54, 1.807) is 0 Å². The Balaban J connectivity index is 2.06. The van der Waals surface area contributed by atoms with Gasteiger partial charge in [-0.3, -0.25) is 4.79 Å². The highest BCUT2D eigenvalue weighted by Gasteiger charge is 2.57. The van der Waals surface area contributed by atoms with Crippen LogP contribution in [0.5, 0.6) is 0 Å². The van der Waals surface area contributed by atoms with Crippen molar-refractivity contribution in [1.29, 1.82) is 0 Å². The second-order valence-electron chi connectivity index (χ2n) is 5.29. The Labute approximate surface area is 121 Å². The minimum Gasteiger partial charge on any atom is -0.410 e. The number of hydrogen-bond acceptors (Lipinski definition) is 5. The van der Waals surface area contributed by atoms with Crippen LogP contribution in [0.4, 0.5) is 4.79 Å². The van der Waals surface area contributed by atoms with Crippen molar-refractivity contribution in [3.05, 3.63) is 22.4 Å². The van der Waals surface area contributed by atoms with Crippen LogP contribution in [0.3, 0.4) is 0 Å². The topological polar surface area (TPSA) is 55.8 Å². The smallest absolute Gasteiger partial charge is 0.410 e. The second-order valence-corrected chi connectivity index (χ2v) is 6.24. The molecule has 1 aliphatic heterocycles. The summed E-state index contributed by atoms with van der Waals surface area (Å²) < 4.78 is 5.50. The Kier molecular flexibility index (Phi) is 3.41. The molecule has 1 saturated carbocycles. The summed E-state index contributed by atoms with van der Waals surface area (Å²) in [6.07, 6.45) is 4.28. The van der Waals surface area contributed by atoms with Gasteiger partial charge in [-0.1, -0.05) is 25.3 Å². The van der Waals surface area contributed by atoms with Gasteiger partial charge in [-0.2, -0.15) is 5.06 Å². The van der Waals surface area contributed by atoms with Gasteiger partial charge in [0.15, 0.2) is 0 Å². The maximum absolute atomic E-state index is 12.7. The molecule has 1 saturated heterocycles. The van der Waals surface area contributed by atoms with Gasteiger partial charge in [0.25, 0.3) is 0 Å². The lowest BCUT2D eigenvalue weighted by Crippen LogP contribution is -2.57. The molecule has 0 bridgehead atoms. The number of likely N-dealkylation sites (N-methyl/N-ethyl adjacent to an activating group) is 1. The van der Waals surface area contributed by atoms with Gasteiger partial charge >= 0.3 is 12.1 Å². The average Bonchev–Trinajstić information content (AvgIpc) is 2.98. The zero-order valence-corrected chi connectivity index (χ0v) is 12.1. The highest BCUT2D eigenvalue weighted by molar-refractivity contribution is 7.10. The molecule has 1 aliphatic carbocycles. The first-order chi connectivity index (χ1) is 9.64. The van der Waals surface area contributed by atoms with Gasteiger partial charge in [-0.15, -0.1) is 11.3 Å². The third-order valence-corrected chi connectivity index (χ3v) is 5.11. The van der Waals surface area contributed by atoms with Crippen LogP contribution in [-0.2, 0) is 20.0 Å². The largest absolute Gasteiger partial charge is 0.534 e. The van der Waals surface area contributed by atoms with E-state index in [4.69, 9.17) is 9.57 Å². The lowest BCUT2D eigenvalue weighted by atomic mass is 9.75. The molecule has 0 N–H and O–H groups in total. The van der Waals surface area contributed by atoms with Gasteiger partial charge in [0.05, 0.1) is 4.88 Å². The molecular weight excluding hydrogens is 278 g/mol. The second kappa shape index (κ2) is 5.09. The number of carbonyl (C=O) groups excluding carboxylic acids is 2. The average molecular weight is 295 g/mol. The number of hydrogen-bond donors (Lipinski definition) is 0. The van der Waals surface area contributed by atoms with E-state index in [0.717, 1.165) is 35.6 Å². The Morgan fingerprint density at radius 3 is 2.70 bits per heavy atom. The first-order valence-electron chi connectivity index (χ1n) is 6.87. The Hall–Kier alpha value is -1.56. The Morgan fingerprint density at radius 1 is 1.30 bits per heavy atom. The molecule has 3 rings (SSSR count). The zero-order valence-electron chi connectivity index (χ0n) is 11.3. The van der Waals surface area contributed by atoms with Crippen molar-refractivity contribution in [3.63, 3.8) is 0 Å². The van der Waals surface area contributed by atoms with Crippen LogP contribution in [0.2, 0.25) is 0 Å². The van der Waals surface area contributed by atoms with E-state index in [0.29, 0.717) is 0 Å². The molecule has 2 fully saturated rings. The predicted molar refractivity (Wildman–Crippen MR) is 72.9 cm³/mol. The van der Waals surface area contributed by atoms with Crippen molar-refractivity contribution >= 4 is 23.4 Å². The minimum absolute atomic E-state index is 0.0256. The van der Waals surface area contributed by atoms with Crippen LogP contribution in [0, 0.1) is 5.92 Å². The van der Waals surface area contributed by atoms with Gasteiger partial charge in [0, 0.05) is 13.0 Å². The van der Waals surface area contributed by atoms with Crippen LogP contribution < -0.4 is 0 Å². The quantitative estimate of drug-likeness (QED) is 0.787. The van der Waals surface area contributed by atoms with Crippen molar-refractivity contribution < 1.29 is 19.2 Å². The molecule has 20 heavy (non-hydrogen) atoms. The Morgan fingerprint density at radius 2 is 2.05 bits per heavy atom. The van der Waals surface area contributed by atoms with E-state index in [2.05, 4.69) is 0 Å². The summed E-state index contributed by atoms with van der Waals surface area (Å²) in [4.78, 5) is 30.0. The molecule has 108 valence electrons. The van der Waals surface area contributed by atoms with Gasteiger partial charge in [0.2, 0.25) is 5.60 Å². The summed E-state index contributed by atoms with van der Waals surface area (Å²) in [5.74, 6) is -0.260. The Bertz CT molecular complexity index is 509. The molecule has 0 radical (unpaired) electrons. The fraction of sp³-hybridized carbons (Fsp3) is 0.571. The van der Waals surface area contributed by atoms with Gasteiger partial charge in [0.1, 0.15) is 0 Å². The van der Waals surface area contributed by atoms with Crippen LogP contribution in [0.1, 0.15) is 37.0 Å². The number of hydroxylamine groups is 2. The summed E-state index contributed by atoms with van der Waals surface area (Å²) in [5, 5.41) is 2.91. The predicted octanol–water partition coefficient (Wildman–Crippen LogP) is 3.06. The van der Waals surface area contributed by atoms with Crippen molar-refractivity contribution in [2.45, 2.75) is 37.7 Å². The fourth-order valence-corrected chi connectivity index (χ4v) is 4.13. The zero-order chi connectivity index (χ0) is 14.2. The standard InChI is InChI=1S/C14H17NO4S/c1-15-12(16)14(18-13(17)19-15,11-8-5-9-20-11)10-6-3-2-4-7-10/h5,8-10H,2-4,6-7H2,1H3. The number of amides is 1. The van der Waals surface area contributed by atoms with E-state index in [9.17, 15) is 9.59 Å². The SMILES string of the molecule is CN1OC(=O)OC(c2cccs2)(C2CCCCC2)C1=O. The molecule has 1 aromatic heterocycles. The monoisotopic (exact) mass is 295 g/mol. The molecule has 5 nitrogen and oxygen atoms in total. The van der Waals surface area contributed by atoms with Crippen LogP contribution in [0.15, 0.2) is 17.5 Å². The number of nitrogens with zero attached hydrogens (tertiary/aromatic N) is 1. The normalized spacial score (nSPS) is 28.1. The summed E-state index contributed by atoms with van der Waals surface area (Å²) in [7, 11) is 1.47. The van der Waals surface area contributed by atoms with Crippen LogP contribution >= 0.6 is 11.3 Å². The van der Waals surface area contributed by atoms with Gasteiger partial charge in [-0.25, -0.2) is 4.79 Å². The molecule has 1 amide bonds. The molecule has 1 aromatic rings. The molecule has 1 atom stereocenters. The number of ether oxygens (including phenoxy) is 1. The summed E-state index contributed by atoms with van der Waals surface area (Å²) in [5.41, 5.74) is -1.20. The van der Waals surface area contributed by atoms with Crippen LogP contribution in [-0.4, -0.2) is 24.2 Å². The van der Waals surface area contributed by atoms with Crippen LogP contribution in [0.25, 0.3) is 0 Å². The van der Waals surface area contributed by atoms with E-state index < -0.39 is 11.8 Å². The number of carbonyl (C=O) groups is 2. The first-order valence-corrected chi connectivity index (χ1v) is 7.75. The maximum atomic E-state index is 12.7. The molecule has 2 heterocycles. The van der Waals surface area contributed by atoms with Crippen molar-refractivity contribution in [1.82, 2.24) is 5.06 Å². The van der Waals surface area contributed by atoms with Crippen molar-refractivity contribution in [3.8, 4) is 0 Å². The minimum atomic E-state index is -1.20. The highest BCUT2D eigenvalue weighted by atomic mass is 32.1. The van der Waals surface area contributed by atoms with Gasteiger partial charge < -0.3 is 9.57 Å². The third kappa shape index (κ3) is 1.98. The number of cyclic esters (lactones) is 1. The molecule has 6 heteroatoms. The maximum Gasteiger partial charge on any atom is 0.534 e. The van der Waals surface area contributed by atoms with Crippen molar-refractivity contribution in [2.75, 3.05) is 7.05 Å². The molecule has 0 aromatic carbocycles. The first kappa shape index (κ1) is 13.4. The third-order valence-electron chi connectivity index (χ3n) is 4.13. The summed E-state index contributed by atoms with van der Waals surface area (Å²) in [6.45, 7) is 0. The lowest BCUT2D eigenvalue weighted by molar-refractivity contribution is -0.226. The van der Waals surface area contributed by atoms with Crippen molar-refractivity contribution in [2.24, 2.45) is 5.92 Å². The molecule has 0 spiro atoms. The van der Waals surface area contributed by atoms with E-state index in [1.807, 2.05) is 17.5 Å². The lowest BCUT2D eigenvalue weighted by Gasteiger charge is -2.43.